The van der Waals surface area contributed by atoms with Crippen molar-refractivity contribution in [1.82, 2.24) is 29.7 Å². The van der Waals surface area contributed by atoms with E-state index in [0.29, 0.717) is 23.1 Å². The first kappa shape index (κ1) is 19.2. The van der Waals surface area contributed by atoms with E-state index in [1.54, 1.807) is 30.7 Å². The van der Waals surface area contributed by atoms with Crippen LogP contribution in [0.5, 0.6) is 5.88 Å². The Hall–Kier alpha value is -3.12. The standard InChI is InChI=1S/C17H19N7O4S/c1-11-7-19-14(20-8-11)4-6-29(26,27)23-17-22-21-15-13-3-2-5-18-16(13)28-10-12(9-25)24(15)17/h2-3,5,7-8,12,25H,4,6,9-10H2,1H3,(H,22,23)/t12-/m0/s1. The molecule has 0 radical (unpaired) electrons. The first-order valence-electron chi connectivity index (χ1n) is 8.89. The third-order valence-electron chi connectivity index (χ3n) is 4.37. The van der Waals surface area contributed by atoms with Crippen LogP contribution >= 0.6 is 0 Å². The van der Waals surface area contributed by atoms with E-state index in [-0.39, 0.29) is 31.3 Å². The lowest BCUT2D eigenvalue weighted by atomic mass is 10.2. The lowest BCUT2D eigenvalue weighted by molar-refractivity contribution is 0.170. The Labute approximate surface area is 166 Å². The Balaban J connectivity index is 1.60. The van der Waals surface area contributed by atoms with Crippen molar-refractivity contribution in [1.29, 1.82) is 0 Å². The van der Waals surface area contributed by atoms with Crippen molar-refractivity contribution in [3.05, 3.63) is 42.1 Å². The molecule has 29 heavy (non-hydrogen) atoms. The van der Waals surface area contributed by atoms with Crippen LogP contribution in [0.2, 0.25) is 0 Å². The number of aromatic nitrogens is 6. The summed E-state index contributed by atoms with van der Waals surface area (Å²) in [4.78, 5) is 12.4. The maximum atomic E-state index is 12.6. The summed E-state index contributed by atoms with van der Waals surface area (Å²) < 4.78 is 34.8. The Morgan fingerprint density at radius 1 is 1.28 bits per heavy atom. The predicted octanol–water partition coefficient (Wildman–Crippen LogP) is 0.349. The highest BCUT2D eigenvalue weighted by molar-refractivity contribution is 7.92. The summed E-state index contributed by atoms with van der Waals surface area (Å²) in [5, 5.41) is 17.9. The number of nitrogens with one attached hydrogen (secondary N) is 1. The van der Waals surface area contributed by atoms with Gasteiger partial charge in [0.05, 0.1) is 24.0 Å². The molecule has 4 heterocycles. The number of sulfonamides is 1. The number of pyridine rings is 1. The van der Waals surface area contributed by atoms with Gasteiger partial charge in [-0.1, -0.05) is 0 Å². The second kappa shape index (κ2) is 7.72. The lowest BCUT2D eigenvalue weighted by Gasteiger charge is -2.17. The van der Waals surface area contributed by atoms with E-state index in [2.05, 4.69) is 29.9 Å². The Kier molecular flexibility index (Phi) is 5.11. The highest BCUT2D eigenvalue weighted by Gasteiger charge is 2.29. The SMILES string of the molecule is Cc1cnc(CCS(=O)(=O)Nc2nnc3n2[C@@H](CO)COc2ncccc2-3)nc1. The van der Waals surface area contributed by atoms with E-state index in [1.807, 2.05) is 6.92 Å². The second-order valence-corrected chi connectivity index (χ2v) is 8.41. The van der Waals surface area contributed by atoms with Gasteiger partial charge in [-0.2, -0.15) is 0 Å². The minimum Gasteiger partial charge on any atom is -0.475 e. The highest BCUT2D eigenvalue weighted by Crippen LogP contribution is 2.34. The molecule has 2 N–H and O–H groups in total. The number of aliphatic hydroxyl groups excluding tert-OH is 1. The van der Waals surface area contributed by atoms with Crippen molar-refractivity contribution < 1.29 is 18.3 Å². The minimum atomic E-state index is -3.76. The molecule has 12 heteroatoms. The van der Waals surface area contributed by atoms with Crippen molar-refractivity contribution in [3.8, 4) is 17.3 Å². The molecule has 0 unspecified atom stereocenters. The van der Waals surface area contributed by atoms with Gasteiger partial charge in [0.25, 0.3) is 0 Å². The second-order valence-electron chi connectivity index (χ2n) is 6.57. The molecule has 0 fully saturated rings. The van der Waals surface area contributed by atoms with Gasteiger partial charge < -0.3 is 9.84 Å². The summed E-state index contributed by atoms with van der Waals surface area (Å²) in [6, 6.07) is 2.88. The molecule has 11 nitrogen and oxygen atoms in total. The number of aliphatic hydroxyl groups is 1. The minimum absolute atomic E-state index is 0.00387. The first-order chi connectivity index (χ1) is 14.0. The molecule has 3 aromatic rings. The molecule has 0 aromatic carbocycles. The molecule has 0 saturated heterocycles. The smallest absolute Gasteiger partial charge is 0.239 e. The average molecular weight is 417 g/mol. The molecular weight excluding hydrogens is 398 g/mol. The van der Waals surface area contributed by atoms with Crippen molar-refractivity contribution in [3.63, 3.8) is 0 Å². The molecule has 3 aromatic heterocycles. The van der Waals surface area contributed by atoms with Crippen LogP contribution in [-0.4, -0.2) is 62.2 Å². The number of ether oxygens (including phenoxy) is 1. The average Bonchev–Trinajstić information content (AvgIpc) is 3.03. The zero-order chi connectivity index (χ0) is 20.4. The van der Waals surface area contributed by atoms with Gasteiger partial charge in [-0.3, -0.25) is 9.29 Å². The fourth-order valence-corrected chi connectivity index (χ4v) is 3.89. The molecule has 152 valence electrons. The quantitative estimate of drug-likeness (QED) is 0.580. The third-order valence-corrected chi connectivity index (χ3v) is 5.61. The largest absolute Gasteiger partial charge is 0.475 e. The van der Waals surface area contributed by atoms with Gasteiger partial charge in [0.1, 0.15) is 12.4 Å². The van der Waals surface area contributed by atoms with Crippen LogP contribution in [0.3, 0.4) is 0 Å². The summed E-state index contributed by atoms with van der Waals surface area (Å²) >= 11 is 0. The summed E-state index contributed by atoms with van der Waals surface area (Å²) in [6.07, 6.45) is 5.00. The predicted molar refractivity (Wildman–Crippen MR) is 103 cm³/mol. The van der Waals surface area contributed by atoms with Gasteiger partial charge >= 0.3 is 0 Å². The van der Waals surface area contributed by atoms with Crippen molar-refractivity contribution in [2.45, 2.75) is 19.4 Å². The Morgan fingerprint density at radius 3 is 2.83 bits per heavy atom. The molecule has 1 aliphatic rings. The van der Waals surface area contributed by atoms with Gasteiger partial charge in [0.15, 0.2) is 5.82 Å². The van der Waals surface area contributed by atoms with Crippen LogP contribution in [0.1, 0.15) is 17.4 Å². The van der Waals surface area contributed by atoms with Gasteiger partial charge in [-0.25, -0.2) is 23.4 Å². The maximum Gasteiger partial charge on any atom is 0.239 e. The van der Waals surface area contributed by atoms with E-state index in [4.69, 9.17) is 4.74 Å². The van der Waals surface area contributed by atoms with Crippen molar-refractivity contribution in [2.24, 2.45) is 0 Å². The van der Waals surface area contributed by atoms with Gasteiger partial charge in [0, 0.05) is 25.0 Å². The van der Waals surface area contributed by atoms with E-state index >= 15 is 0 Å². The molecule has 4 rings (SSSR count). The molecule has 0 spiro atoms. The third kappa shape index (κ3) is 4.03. The zero-order valence-electron chi connectivity index (χ0n) is 15.6. The van der Waals surface area contributed by atoms with Gasteiger partial charge in [-0.05, 0) is 24.6 Å². The van der Waals surface area contributed by atoms with Crippen LogP contribution in [0, 0.1) is 6.92 Å². The van der Waals surface area contributed by atoms with E-state index in [0.717, 1.165) is 5.56 Å². The number of anilines is 1. The normalized spacial score (nSPS) is 15.7. The first-order valence-corrected chi connectivity index (χ1v) is 10.5. The van der Waals surface area contributed by atoms with Crippen LogP contribution < -0.4 is 9.46 Å². The maximum absolute atomic E-state index is 12.6. The number of rotatable bonds is 6. The number of fused-ring (bicyclic) bond motifs is 3. The number of aryl methyl sites for hydroxylation is 2. The summed E-state index contributed by atoms with van der Waals surface area (Å²) in [5.41, 5.74) is 1.46. The monoisotopic (exact) mass is 417 g/mol. The summed E-state index contributed by atoms with van der Waals surface area (Å²) in [5.74, 6) is 0.926. The number of hydrogen-bond donors (Lipinski definition) is 2. The number of hydrogen-bond acceptors (Lipinski definition) is 9. The van der Waals surface area contributed by atoms with E-state index < -0.39 is 16.1 Å². The fraction of sp³-hybridized carbons (Fsp3) is 0.353. The molecule has 0 bridgehead atoms. The summed E-state index contributed by atoms with van der Waals surface area (Å²) in [7, 11) is -3.76. The summed E-state index contributed by atoms with van der Waals surface area (Å²) in [6.45, 7) is 1.66. The lowest BCUT2D eigenvalue weighted by Crippen LogP contribution is -2.25. The van der Waals surface area contributed by atoms with Crippen LogP contribution in [0.25, 0.3) is 11.4 Å². The van der Waals surface area contributed by atoms with E-state index in [9.17, 15) is 13.5 Å². The zero-order valence-corrected chi connectivity index (χ0v) is 16.4. The van der Waals surface area contributed by atoms with Crippen LogP contribution in [0.4, 0.5) is 5.95 Å². The van der Waals surface area contributed by atoms with Gasteiger partial charge in [0.2, 0.25) is 21.9 Å². The Bertz CT molecular complexity index is 1120. The molecule has 1 aliphatic heterocycles. The van der Waals surface area contributed by atoms with Crippen LogP contribution in [0.15, 0.2) is 30.7 Å². The molecular formula is C17H19N7O4S. The molecule has 0 saturated carbocycles. The Morgan fingerprint density at radius 2 is 2.07 bits per heavy atom. The van der Waals surface area contributed by atoms with Crippen molar-refractivity contribution in [2.75, 3.05) is 23.7 Å². The van der Waals surface area contributed by atoms with Gasteiger partial charge in [-0.15, -0.1) is 10.2 Å². The van der Waals surface area contributed by atoms with Crippen molar-refractivity contribution >= 4 is 16.0 Å². The fourth-order valence-electron chi connectivity index (χ4n) is 2.91. The topological polar surface area (TPSA) is 145 Å². The van der Waals surface area contributed by atoms with Crippen LogP contribution in [-0.2, 0) is 16.4 Å². The highest BCUT2D eigenvalue weighted by atomic mass is 32.2. The number of nitrogens with zero attached hydrogens (tertiary/aromatic N) is 6. The molecule has 1 atom stereocenters. The molecule has 0 aliphatic carbocycles. The molecule has 0 amide bonds. The van der Waals surface area contributed by atoms with E-state index in [1.165, 1.54) is 4.57 Å².